The van der Waals surface area contributed by atoms with E-state index in [-0.39, 0.29) is 59.6 Å². The van der Waals surface area contributed by atoms with E-state index in [4.69, 9.17) is 26.8 Å². The maximum atomic E-state index is 13.4. The fourth-order valence-corrected chi connectivity index (χ4v) is 5.20. The van der Waals surface area contributed by atoms with E-state index in [1.54, 1.807) is 41.3 Å². The van der Waals surface area contributed by atoms with E-state index < -0.39 is 29.9 Å². The average Bonchev–Trinajstić information content (AvgIpc) is 2.99. The van der Waals surface area contributed by atoms with Crippen molar-refractivity contribution in [3.05, 3.63) is 81.8 Å². The van der Waals surface area contributed by atoms with Crippen LogP contribution in [0.3, 0.4) is 0 Å². The Morgan fingerprint density at radius 3 is 2.14 bits per heavy atom. The first-order valence-electron chi connectivity index (χ1n) is 12.5. The van der Waals surface area contributed by atoms with Gasteiger partial charge >= 0.3 is 24.0 Å². The highest BCUT2D eigenvalue weighted by Crippen LogP contribution is 2.46. The number of piperazine rings is 1. The second-order valence-electron chi connectivity index (χ2n) is 9.25. The molecule has 42 heavy (non-hydrogen) atoms. The number of methoxy groups -OCH3 is 2. The lowest BCUT2D eigenvalue weighted by Gasteiger charge is -2.40. The van der Waals surface area contributed by atoms with Gasteiger partial charge in [0, 0.05) is 31.2 Å². The number of halogens is 4. The molecule has 220 valence electrons. The maximum Gasteiger partial charge on any atom is 0.471 e. The summed E-state index contributed by atoms with van der Waals surface area (Å²) in [5.74, 6) is -5.12. The fraction of sp³-hybridized carbons (Fsp3) is 0.286. The highest BCUT2D eigenvalue weighted by molar-refractivity contribution is 6.31. The van der Waals surface area contributed by atoms with Crippen LogP contribution >= 0.6 is 11.6 Å². The van der Waals surface area contributed by atoms with Gasteiger partial charge in [0.05, 0.1) is 48.7 Å². The molecule has 2 aliphatic heterocycles. The molecule has 0 aromatic heterocycles. The number of hydrogen-bond acceptors (Lipinski definition) is 9. The van der Waals surface area contributed by atoms with Crippen molar-refractivity contribution < 1.29 is 37.0 Å². The van der Waals surface area contributed by atoms with E-state index >= 15 is 0 Å². The summed E-state index contributed by atoms with van der Waals surface area (Å²) in [6, 6.07) is 15.0. The van der Waals surface area contributed by atoms with Crippen molar-refractivity contribution in [3.63, 3.8) is 0 Å². The van der Waals surface area contributed by atoms with E-state index in [2.05, 4.69) is 6.07 Å². The first-order valence-corrected chi connectivity index (χ1v) is 12.9. The van der Waals surface area contributed by atoms with Gasteiger partial charge in [-0.05, 0) is 23.8 Å². The van der Waals surface area contributed by atoms with Crippen LogP contribution in [0.5, 0.6) is 0 Å². The molecule has 1 fully saturated rings. The number of alkyl halides is 3. The van der Waals surface area contributed by atoms with Gasteiger partial charge in [-0.25, -0.2) is 9.59 Å². The van der Waals surface area contributed by atoms with E-state index in [1.807, 2.05) is 0 Å². The van der Waals surface area contributed by atoms with Gasteiger partial charge in [0.1, 0.15) is 11.5 Å². The van der Waals surface area contributed by atoms with Crippen molar-refractivity contribution in [1.82, 2.24) is 4.90 Å². The minimum absolute atomic E-state index is 0.00715. The van der Waals surface area contributed by atoms with Crippen LogP contribution in [0.25, 0.3) is 0 Å². The minimum Gasteiger partial charge on any atom is -0.466 e. The Morgan fingerprint density at radius 1 is 0.976 bits per heavy atom. The molecule has 14 heteroatoms. The fourth-order valence-electron chi connectivity index (χ4n) is 5.04. The zero-order valence-corrected chi connectivity index (χ0v) is 23.2. The number of anilines is 2. The van der Waals surface area contributed by atoms with Gasteiger partial charge in [0.2, 0.25) is 0 Å². The highest BCUT2D eigenvalue weighted by Gasteiger charge is 2.45. The SMILES string of the molecule is COC(=O)C1=C(C(=O)OC)N(c2cc(Cl)ccc2N2CCN(C(=O)C(F)(F)F)CC2)C(N)=C(C#N)C1c1ccccc1. The predicted molar refractivity (Wildman–Crippen MR) is 146 cm³/mol. The van der Waals surface area contributed by atoms with Gasteiger partial charge in [0.15, 0.2) is 0 Å². The zero-order chi connectivity index (χ0) is 30.8. The van der Waals surface area contributed by atoms with Crippen molar-refractivity contribution in [1.29, 1.82) is 5.26 Å². The van der Waals surface area contributed by atoms with Crippen LogP contribution in [0.15, 0.2) is 71.2 Å². The molecule has 2 heterocycles. The summed E-state index contributed by atoms with van der Waals surface area (Å²) in [5.41, 5.74) is 6.97. The maximum absolute atomic E-state index is 13.4. The number of amides is 1. The Balaban J connectivity index is 1.91. The molecule has 0 aliphatic carbocycles. The molecule has 4 rings (SSSR count). The molecule has 1 unspecified atom stereocenters. The van der Waals surface area contributed by atoms with Gasteiger partial charge in [0.25, 0.3) is 0 Å². The minimum atomic E-state index is -5.01. The molecule has 10 nitrogen and oxygen atoms in total. The number of nitrogens with zero attached hydrogens (tertiary/aromatic N) is 4. The lowest BCUT2D eigenvalue weighted by Crippen LogP contribution is -2.52. The lowest BCUT2D eigenvalue weighted by molar-refractivity contribution is -0.185. The Kier molecular flexibility index (Phi) is 8.67. The van der Waals surface area contributed by atoms with E-state index in [0.717, 1.165) is 14.2 Å². The largest absolute Gasteiger partial charge is 0.471 e. The second kappa shape index (κ2) is 12.0. The number of nitriles is 1. The number of hydrogen-bond donors (Lipinski definition) is 1. The molecule has 2 aromatic rings. The third-order valence-electron chi connectivity index (χ3n) is 6.94. The zero-order valence-electron chi connectivity index (χ0n) is 22.4. The lowest BCUT2D eigenvalue weighted by atomic mass is 9.81. The number of esters is 2. The summed E-state index contributed by atoms with van der Waals surface area (Å²) in [4.78, 5) is 42.0. The standard InChI is InChI=1S/C28H25ClF3N5O5/c1-41-25(38)22-21(16-6-4-3-5-7-16)18(15-33)24(34)37(23(22)26(39)42-2)20-14-17(29)8-9-19(20)35-10-12-36(13-11-35)27(40)28(30,31)32/h3-9,14,21H,10-13,34H2,1-2H3. The van der Waals surface area contributed by atoms with Crippen molar-refractivity contribution >= 4 is 40.8 Å². The third-order valence-corrected chi connectivity index (χ3v) is 7.17. The van der Waals surface area contributed by atoms with Crippen molar-refractivity contribution in [2.24, 2.45) is 5.73 Å². The monoisotopic (exact) mass is 603 g/mol. The molecule has 1 atom stereocenters. The van der Waals surface area contributed by atoms with Crippen LogP contribution in [0.4, 0.5) is 24.5 Å². The summed E-state index contributed by atoms with van der Waals surface area (Å²) in [5, 5.41) is 10.5. The molecule has 1 saturated heterocycles. The summed E-state index contributed by atoms with van der Waals surface area (Å²) < 4.78 is 49.1. The van der Waals surface area contributed by atoms with E-state index in [1.165, 1.54) is 17.0 Å². The molecule has 2 N–H and O–H groups in total. The van der Waals surface area contributed by atoms with Crippen LogP contribution in [0.1, 0.15) is 11.5 Å². The molecule has 2 aliphatic rings. The number of rotatable bonds is 5. The molecular weight excluding hydrogens is 579 g/mol. The number of ether oxygens (including phenoxy) is 2. The van der Waals surface area contributed by atoms with E-state index in [0.29, 0.717) is 16.2 Å². The summed E-state index contributed by atoms with van der Waals surface area (Å²) >= 11 is 6.35. The predicted octanol–water partition coefficient (Wildman–Crippen LogP) is 3.45. The molecule has 0 spiro atoms. The van der Waals surface area contributed by atoms with Crippen LogP contribution in [-0.2, 0) is 23.9 Å². The molecule has 0 saturated carbocycles. The summed E-state index contributed by atoms with van der Waals surface area (Å²) in [6.07, 6.45) is -5.01. The van der Waals surface area contributed by atoms with Crippen molar-refractivity contribution in [2.45, 2.75) is 12.1 Å². The van der Waals surface area contributed by atoms with Gasteiger partial charge in [-0.3, -0.25) is 9.69 Å². The van der Waals surface area contributed by atoms with Crippen LogP contribution in [0.2, 0.25) is 5.02 Å². The first-order chi connectivity index (χ1) is 19.9. The van der Waals surface area contributed by atoms with Crippen molar-refractivity contribution in [3.8, 4) is 6.07 Å². The van der Waals surface area contributed by atoms with Crippen LogP contribution in [0, 0.1) is 11.3 Å². The smallest absolute Gasteiger partial charge is 0.466 e. The Hall–Kier alpha value is -4.70. The Morgan fingerprint density at radius 2 is 1.60 bits per heavy atom. The van der Waals surface area contributed by atoms with Gasteiger partial charge in [-0.1, -0.05) is 41.9 Å². The number of nitrogens with two attached hydrogens (primary N) is 1. The molecule has 0 bridgehead atoms. The van der Waals surface area contributed by atoms with Gasteiger partial charge in [-0.15, -0.1) is 0 Å². The topological polar surface area (TPSA) is 129 Å². The molecule has 1 amide bonds. The first kappa shape index (κ1) is 30.3. The number of carbonyl (C=O) groups excluding carboxylic acids is 3. The number of benzene rings is 2. The average molecular weight is 604 g/mol. The third kappa shape index (κ3) is 5.58. The molecule has 0 radical (unpaired) electrons. The van der Waals surface area contributed by atoms with Crippen molar-refractivity contribution in [2.75, 3.05) is 50.2 Å². The van der Waals surface area contributed by atoms with E-state index in [9.17, 15) is 32.8 Å². The van der Waals surface area contributed by atoms with Gasteiger partial charge < -0.3 is 25.0 Å². The molecule has 2 aromatic carbocycles. The number of allylic oxidation sites excluding steroid dienone is 1. The van der Waals surface area contributed by atoms with Gasteiger partial charge in [-0.2, -0.15) is 18.4 Å². The number of carbonyl (C=O) groups is 3. The Labute approximate surface area is 243 Å². The normalized spacial score (nSPS) is 17.6. The second-order valence-corrected chi connectivity index (χ2v) is 9.68. The summed E-state index contributed by atoms with van der Waals surface area (Å²) in [7, 11) is 2.23. The highest BCUT2D eigenvalue weighted by atomic mass is 35.5. The van der Waals surface area contributed by atoms with Crippen LogP contribution in [-0.4, -0.2) is 69.3 Å². The quantitative estimate of drug-likeness (QED) is 0.511. The Bertz CT molecular complexity index is 1510. The van der Waals surface area contributed by atoms with Crippen LogP contribution < -0.4 is 15.5 Å². The molecular formula is C28H25ClF3N5O5. The summed E-state index contributed by atoms with van der Waals surface area (Å²) in [6.45, 7) is -0.490.